The molecule has 0 aliphatic rings. The van der Waals surface area contributed by atoms with Crippen LogP contribution in [-0.4, -0.2) is 37.6 Å². The zero-order chi connectivity index (χ0) is 14.6. The number of carbonyl (C=O) groups excluding carboxylic acids is 2. The quantitative estimate of drug-likeness (QED) is 0.712. The van der Waals surface area contributed by atoms with Crippen LogP contribution in [0.15, 0.2) is 33.6 Å². The number of carbonyl (C=O) groups is 2. The minimum Gasteiger partial charge on any atom is -0.369 e. The summed E-state index contributed by atoms with van der Waals surface area (Å²) >= 11 is 3.14. The first-order chi connectivity index (χ1) is 8.73. The molecule has 0 aliphatic heterocycles. The summed E-state index contributed by atoms with van der Waals surface area (Å²) in [4.78, 5) is 21.7. The molecule has 0 bridgehead atoms. The smallest absolute Gasteiger partial charge is 0.244 e. The number of benzene rings is 1. The third-order valence-corrected chi connectivity index (χ3v) is 4.38. The van der Waals surface area contributed by atoms with E-state index in [1.54, 1.807) is 6.07 Å². The molecule has 0 saturated carbocycles. The van der Waals surface area contributed by atoms with Crippen LogP contribution in [0, 0.1) is 0 Å². The maximum atomic E-state index is 12.2. The van der Waals surface area contributed by atoms with E-state index in [-0.39, 0.29) is 4.90 Å². The van der Waals surface area contributed by atoms with Crippen molar-refractivity contribution < 1.29 is 18.0 Å². The minimum absolute atomic E-state index is 0.0654. The van der Waals surface area contributed by atoms with Crippen LogP contribution in [0.5, 0.6) is 0 Å². The van der Waals surface area contributed by atoms with Crippen molar-refractivity contribution in [1.29, 1.82) is 0 Å². The number of amides is 2. The van der Waals surface area contributed by atoms with Gasteiger partial charge in [0, 0.05) is 4.47 Å². The molecule has 2 amide bonds. The number of hydrogen-bond donors (Lipinski definition) is 2. The highest BCUT2D eigenvalue weighted by atomic mass is 79.9. The molecule has 9 heteroatoms. The average molecular weight is 350 g/mol. The van der Waals surface area contributed by atoms with Crippen LogP contribution in [0.4, 0.5) is 0 Å². The standard InChI is InChI=1S/C10H12BrN3O4S/c11-7-2-1-3-8(4-7)19(17,18)14(5-9(12)15)6-10(13)16/h1-4H,5-6H2,(H2,12,15)(H2,13,16). The van der Waals surface area contributed by atoms with Gasteiger partial charge in [-0.15, -0.1) is 0 Å². The lowest BCUT2D eigenvalue weighted by molar-refractivity contribution is -0.120. The number of primary amides is 2. The molecule has 0 heterocycles. The van der Waals surface area contributed by atoms with Crippen LogP contribution in [0.1, 0.15) is 0 Å². The zero-order valence-corrected chi connectivity index (χ0v) is 12.1. The van der Waals surface area contributed by atoms with Gasteiger partial charge in [0.2, 0.25) is 21.8 Å². The first-order valence-corrected chi connectivity index (χ1v) is 7.29. The van der Waals surface area contributed by atoms with Gasteiger partial charge in [0.15, 0.2) is 0 Å². The maximum absolute atomic E-state index is 12.2. The molecule has 19 heavy (non-hydrogen) atoms. The fourth-order valence-corrected chi connectivity index (χ4v) is 3.32. The number of sulfonamides is 1. The van der Waals surface area contributed by atoms with Crippen molar-refractivity contribution in [3.05, 3.63) is 28.7 Å². The Balaban J connectivity index is 3.18. The number of nitrogens with zero attached hydrogens (tertiary/aromatic N) is 1. The predicted octanol–water partition coefficient (Wildman–Crippen LogP) is -0.590. The molecule has 7 nitrogen and oxygen atoms in total. The number of halogens is 1. The van der Waals surface area contributed by atoms with E-state index in [2.05, 4.69) is 15.9 Å². The first kappa shape index (κ1) is 15.6. The summed E-state index contributed by atoms with van der Waals surface area (Å²) in [7, 11) is -4.01. The van der Waals surface area contributed by atoms with Crippen LogP contribution >= 0.6 is 15.9 Å². The highest BCUT2D eigenvalue weighted by Crippen LogP contribution is 2.19. The van der Waals surface area contributed by atoms with E-state index in [1.165, 1.54) is 18.2 Å². The van der Waals surface area contributed by atoms with Crippen LogP contribution < -0.4 is 11.5 Å². The van der Waals surface area contributed by atoms with E-state index < -0.39 is 34.9 Å². The molecule has 1 rings (SSSR count). The van der Waals surface area contributed by atoms with Crippen LogP contribution in [0.3, 0.4) is 0 Å². The van der Waals surface area contributed by atoms with Gasteiger partial charge in [-0.3, -0.25) is 9.59 Å². The molecular formula is C10H12BrN3O4S. The predicted molar refractivity (Wildman–Crippen MR) is 71.3 cm³/mol. The summed E-state index contributed by atoms with van der Waals surface area (Å²) in [5.74, 6) is -1.75. The van der Waals surface area contributed by atoms with Gasteiger partial charge in [0.1, 0.15) is 0 Å². The lowest BCUT2D eigenvalue weighted by Gasteiger charge is -2.19. The van der Waals surface area contributed by atoms with Gasteiger partial charge in [0.05, 0.1) is 18.0 Å². The van der Waals surface area contributed by atoms with Gasteiger partial charge in [-0.25, -0.2) is 8.42 Å². The van der Waals surface area contributed by atoms with E-state index in [0.717, 1.165) is 0 Å². The molecule has 0 spiro atoms. The van der Waals surface area contributed by atoms with E-state index in [0.29, 0.717) is 8.78 Å². The molecule has 0 fully saturated rings. The summed E-state index contributed by atoms with van der Waals surface area (Å²) in [5.41, 5.74) is 9.93. The van der Waals surface area contributed by atoms with Crippen molar-refractivity contribution in [3.8, 4) is 0 Å². The lowest BCUT2D eigenvalue weighted by Crippen LogP contribution is -2.43. The Kier molecular flexibility index (Phi) is 5.04. The molecule has 0 atom stereocenters. The molecule has 0 unspecified atom stereocenters. The van der Waals surface area contributed by atoms with Crippen LogP contribution in [0.2, 0.25) is 0 Å². The van der Waals surface area contributed by atoms with Crippen molar-refractivity contribution in [2.75, 3.05) is 13.1 Å². The Bertz CT molecular complexity index is 587. The fourth-order valence-electron chi connectivity index (χ4n) is 1.35. The van der Waals surface area contributed by atoms with Gasteiger partial charge in [-0.1, -0.05) is 22.0 Å². The molecule has 0 aromatic heterocycles. The van der Waals surface area contributed by atoms with Crippen molar-refractivity contribution in [2.24, 2.45) is 11.5 Å². The summed E-state index contributed by atoms with van der Waals surface area (Å²) in [6, 6.07) is 5.86. The van der Waals surface area contributed by atoms with Gasteiger partial charge in [-0.05, 0) is 18.2 Å². The van der Waals surface area contributed by atoms with E-state index >= 15 is 0 Å². The van der Waals surface area contributed by atoms with Crippen molar-refractivity contribution in [3.63, 3.8) is 0 Å². The Morgan fingerprint density at radius 3 is 2.11 bits per heavy atom. The maximum Gasteiger partial charge on any atom is 0.244 e. The first-order valence-electron chi connectivity index (χ1n) is 5.06. The molecule has 1 aromatic rings. The Labute approximate surface area is 118 Å². The highest BCUT2D eigenvalue weighted by molar-refractivity contribution is 9.10. The van der Waals surface area contributed by atoms with Crippen LogP contribution in [-0.2, 0) is 19.6 Å². The third kappa shape index (κ3) is 4.30. The monoisotopic (exact) mass is 349 g/mol. The normalized spacial score (nSPS) is 11.5. The Hall–Kier alpha value is -1.45. The molecule has 1 aromatic carbocycles. The molecule has 0 radical (unpaired) electrons. The summed E-state index contributed by atoms with van der Waals surface area (Å²) in [5, 5.41) is 0. The largest absolute Gasteiger partial charge is 0.369 e. The van der Waals surface area contributed by atoms with E-state index in [4.69, 9.17) is 11.5 Å². The second kappa shape index (κ2) is 6.13. The minimum atomic E-state index is -4.01. The number of rotatable bonds is 6. The van der Waals surface area contributed by atoms with Gasteiger partial charge >= 0.3 is 0 Å². The number of hydrogen-bond acceptors (Lipinski definition) is 4. The highest BCUT2D eigenvalue weighted by Gasteiger charge is 2.27. The molecular weight excluding hydrogens is 338 g/mol. The van der Waals surface area contributed by atoms with Crippen molar-refractivity contribution in [2.45, 2.75) is 4.90 Å². The average Bonchev–Trinajstić information content (AvgIpc) is 2.26. The Morgan fingerprint density at radius 2 is 1.68 bits per heavy atom. The van der Waals surface area contributed by atoms with Crippen LogP contribution in [0.25, 0.3) is 0 Å². The van der Waals surface area contributed by atoms with Gasteiger partial charge in [0.25, 0.3) is 0 Å². The molecule has 0 saturated heterocycles. The summed E-state index contributed by atoms with van der Waals surface area (Å²) in [6.07, 6.45) is 0. The SMILES string of the molecule is NC(=O)CN(CC(N)=O)S(=O)(=O)c1cccc(Br)c1. The second-order valence-electron chi connectivity index (χ2n) is 3.66. The van der Waals surface area contributed by atoms with E-state index in [9.17, 15) is 18.0 Å². The topological polar surface area (TPSA) is 124 Å². The van der Waals surface area contributed by atoms with Gasteiger partial charge in [-0.2, -0.15) is 4.31 Å². The van der Waals surface area contributed by atoms with Crippen molar-refractivity contribution >= 4 is 37.8 Å². The second-order valence-corrected chi connectivity index (χ2v) is 6.52. The third-order valence-electron chi connectivity index (χ3n) is 2.10. The van der Waals surface area contributed by atoms with Gasteiger partial charge < -0.3 is 11.5 Å². The summed E-state index contributed by atoms with van der Waals surface area (Å²) in [6.45, 7) is -1.23. The molecule has 0 aliphatic carbocycles. The molecule has 104 valence electrons. The van der Waals surface area contributed by atoms with Crippen molar-refractivity contribution in [1.82, 2.24) is 4.31 Å². The zero-order valence-electron chi connectivity index (χ0n) is 9.74. The summed E-state index contributed by atoms with van der Waals surface area (Å²) < 4.78 is 25.7. The molecule has 4 N–H and O–H groups in total. The van der Waals surface area contributed by atoms with E-state index in [1.807, 2.05) is 0 Å². The fraction of sp³-hybridized carbons (Fsp3) is 0.200. The number of nitrogens with two attached hydrogens (primary N) is 2. The lowest BCUT2D eigenvalue weighted by atomic mass is 10.4. The Morgan fingerprint density at radius 1 is 1.16 bits per heavy atom.